The summed E-state index contributed by atoms with van der Waals surface area (Å²) >= 11 is 5.91. The van der Waals surface area contributed by atoms with Crippen LogP contribution in [0.15, 0.2) is 0 Å². The third-order valence-corrected chi connectivity index (χ3v) is 4.20. The maximum absolute atomic E-state index is 5.91. The first kappa shape index (κ1) is 9.79. The Labute approximate surface area is 85.8 Å². The monoisotopic (exact) mass is 202 g/mol. The molecule has 0 amide bonds. The van der Waals surface area contributed by atoms with Crippen LogP contribution < -0.4 is 0 Å². The number of alkyl halides is 1. The minimum Gasteiger partial charge on any atom is -0.378 e. The fourth-order valence-corrected chi connectivity index (χ4v) is 3.05. The molecule has 1 aliphatic heterocycles. The van der Waals surface area contributed by atoms with Crippen molar-refractivity contribution in [1.29, 1.82) is 0 Å². The summed E-state index contributed by atoms with van der Waals surface area (Å²) in [4.78, 5) is 0. The molecular formula is C11H19ClO. The molecule has 3 unspecified atom stereocenters. The zero-order valence-corrected chi connectivity index (χ0v) is 9.31. The van der Waals surface area contributed by atoms with E-state index in [1.807, 2.05) is 0 Å². The van der Waals surface area contributed by atoms with E-state index in [1.165, 1.54) is 19.3 Å². The van der Waals surface area contributed by atoms with Gasteiger partial charge in [0, 0.05) is 12.5 Å². The van der Waals surface area contributed by atoms with Gasteiger partial charge in [-0.2, -0.15) is 0 Å². The number of rotatable bonds is 2. The van der Waals surface area contributed by atoms with E-state index < -0.39 is 0 Å². The first-order valence-electron chi connectivity index (χ1n) is 5.35. The van der Waals surface area contributed by atoms with Crippen molar-refractivity contribution in [3.63, 3.8) is 0 Å². The molecule has 2 aliphatic rings. The highest BCUT2D eigenvalue weighted by Gasteiger charge is 2.55. The Balaban J connectivity index is 1.94. The predicted molar refractivity (Wildman–Crippen MR) is 55.1 cm³/mol. The molecule has 1 nitrogen and oxygen atoms in total. The van der Waals surface area contributed by atoms with Crippen molar-refractivity contribution in [2.24, 2.45) is 17.3 Å². The van der Waals surface area contributed by atoms with Crippen molar-refractivity contribution in [1.82, 2.24) is 0 Å². The molecule has 76 valence electrons. The fraction of sp³-hybridized carbons (Fsp3) is 1.00. The van der Waals surface area contributed by atoms with Gasteiger partial charge < -0.3 is 4.74 Å². The van der Waals surface area contributed by atoms with Gasteiger partial charge in [0.05, 0.1) is 6.10 Å². The summed E-state index contributed by atoms with van der Waals surface area (Å²) in [5.41, 5.74) is 0.592. The lowest BCUT2D eigenvalue weighted by Crippen LogP contribution is -2.31. The van der Waals surface area contributed by atoms with Crippen LogP contribution in [0.25, 0.3) is 0 Å². The van der Waals surface area contributed by atoms with Gasteiger partial charge in [-0.15, -0.1) is 11.6 Å². The normalized spacial score (nSPS) is 44.3. The van der Waals surface area contributed by atoms with Crippen LogP contribution in [-0.2, 0) is 4.74 Å². The minimum atomic E-state index is 0.488. The van der Waals surface area contributed by atoms with Crippen molar-refractivity contribution in [3.8, 4) is 0 Å². The Hall–Kier alpha value is 0.250. The van der Waals surface area contributed by atoms with Crippen LogP contribution in [0.3, 0.4) is 0 Å². The Morgan fingerprint density at radius 1 is 1.46 bits per heavy atom. The second-order valence-electron chi connectivity index (χ2n) is 5.03. The molecule has 3 atom stereocenters. The largest absolute Gasteiger partial charge is 0.378 e. The summed E-state index contributed by atoms with van der Waals surface area (Å²) in [6.07, 6.45) is 4.33. The molecule has 1 saturated carbocycles. The maximum Gasteiger partial charge on any atom is 0.0603 e. The quantitative estimate of drug-likeness (QED) is 0.626. The number of hydrogen-bond acceptors (Lipinski definition) is 1. The van der Waals surface area contributed by atoms with Crippen molar-refractivity contribution in [2.75, 3.05) is 12.5 Å². The summed E-state index contributed by atoms with van der Waals surface area (Å²) in [5.74, 6) is 2.30. The maximum atomic E-state index is 5.91. The molecule has 2 heteroatoms. The molecule has 2 fully saturated rings. The van der Waals surface area contributed by atoms with Crippen LogP contribution in [0, 0.1) is 17.3 Å². The highest BCUT2D eigenvalue weighted by molar-refractivity contribution is 6.18. The fourth-order valence-electron chi connectivity index (χ4n) is 2.61. The third-order valence-electron chi connectivity index (χ3n) is 3.83. The van der Waals surface area contributed by atoms with Crippen LogP contribution in [-0.4, -0.2) is 18.6 Å². The van der Waals surface area contributed by atoms with Crippen LogP contribution in [0.5, 0.6) is 0 Å². The summed E-state index contributed by atoms with van der Waals surface area (Å²) in [6, 6.07) is 0. The van der Waals surface area contributed by atoms with E-state index in [0.29, 0.717) is 17.4 Å². The Bertz CT molecular complexity index is 193. The summed E-state index contributed by atoms with van der Waals surface area (Å²) in [5, 5.41) is 0. The Morgan fingerprint density at radius 3 is 2.77 bits per heavy atom. The first-order valence-corrected chi connectivity index (χ1v) is 5.89. The lowest BCUT2D eigenvalue weighted by atomic mass is 9.86. The highest BCUT2D eigenvalue weighted by atomic mass is 35.5. The van der Waals surface area contributed by atoms with Crippen molar-refractivity contribution >= 4 is 11.6 Å². The molecule has 0 aromatic carbocycles. The Kier molecular flexibility index (Phi) is 2.59. The number of ether oxygens (including phenoxy) is 1. The van der Waals surface area contributed by atoms with E-state index in [1.54, 1.807) is 0 Å². The number of halogens is 1. The molecule has 1 saturated heterocycles. The molecule has 0 radical (unpaired) electrons. The predicted octanol–water partition coefficient (Wildman–Crippen LogP) is 3.07. The average molecular weight is 203 g/mol. The van der Waals surface area contributed by atoms with Gasteiger partial charge in [0.1, 0.15) is 0 Å². The smallest absolute Gasteiger partial charge is 0.0603 e. The van der Waals surface area contributed by atoms with E-state index in [-0.39, 0.29) is 0 Å². The van der Waals surface area contributed by atoms with E-state index in [0.717, 1.165) is 18.4 Å². The van der Waals surface area contributed by atoms with Gasteiger partial charge in [-0.3, -0.25) is 0 Å². The Morgan fingerprint density at radius 2 is 2.23 bits per heavy atom. The average Bonchev–Trinajstić information content (AvgIpc) is 2.78. The third kappa shape index (κ3) is 1.73. The van der Waals surface area contributed by atoms with Gasteiger partial charge in [-0.1, -0.05) is 13.8 Å². The van der Waals surface area contributed by atoms with Gasteiger partial charge in [-0.05, 0) is 36.5 Å². The summed E-state index contributed by atoms with van der Waals surface area (Å²) in [7, 11) is 0. The second-order valence-corrected chi connectivity index (χ2v) is 5.33. The second kappa shape index (κ2) is 3.43. The van der Waals surface area contributed by atoms with Crippen LogP contribution in [0.4, 0.5) is 0 Å². The van der Waals surface area contributed by atoms with E-state index in [4.69, 9.17) is 16.3 Å². The van der Waals surface area contributed by atoms with Crippen LogP contribution >= 0.6 is 11.6 Å². The van der Waals surface area contributed by atoms with Crippen LogP contribution in [0.1, 0.15) is 33.1 Å². The lowest BCUT2D eigenvalue weighted by Gasteiger charge is -2.32. The first-order chi connectivity index (χ1) is 6.18. The molecule has 2 rings (SSSR count). The molecule has 1 aliphatic carbocycles. The molecule has 0 N–H and O–H groups in total. The van der Waals surface area contributed by atoms with E-state index >= 15 is 0 Å². The molecular weight excluding hydrogens is 184 g/mol. The minimum absolute atomic E-state index is 0.488. The van der Waals surface area contributed by atoms with Crippen molar-refractivity contribution in [3.05, 3.63) is 0 Å². The zero-order chi connectivity index (χ0) is 9.47. The van der Waals surface area contributed by atoms with Crippen LogP contribution in [0.2, 0.25) is 0 Å². The van der Waals surface area contributed by atoms with E-state index in [9.17, 15) is 0 Å². The molecule has 0 aromatic rings. The molecule has 0 bridgehead atoms. The number of hydrogen-bond donors (Lipinski definition) is 0. The zero-order valence-electron chi connectivity index (χ0n) is 8.55. The van der Waals surface area contributed by atoms with Gasteiger partial charge >= 0.3 is 0 Å². The SMILES string of the molecule is CC(C)C1CC2(CCO1)CC2CCl. The molecule has 0 aromatic heterocycles. The molecule has 1 heterocycles. The highest BCUT2D eigenvalue weighted by Crippen LogP contribution is 2.61. The van der Waals surface area contributed by atoms with Gasteiger partial charge in [0.25, 0.3) is 0 Å². The topological polar surface area (TPSA) is 9.23 Å². The van der Waals surface area contributed by atoms with Gasteiger partial charge in [-0.25, -0.2) is 0 Å². The molecule has 13 heavy (non-hydrogen) atoms. The lowest BCUT2D eigenvalue weighted by molar-refractivity contribution is -0.0438. The standard InChI is InChI=1S/C11H19ClO/c1-8(2)10-6-11(3-4-13-10)5-9(11)7-12/h8-10H,3-7H2,1-2H3. The van der Waals surface area contributed by atoms with Gasteiger partial charge in [0.15, 0.2) is 0 Å². The summed E-state index contributed by atoms with van der Waals surface area (Å²) in [6.45, 7) is 5.46. The van der Waals surface area contributed by atoms with Crippen molar-refractivity contribution < 1.29 is 4.74 Å². The molecule has 1 spiro atoms. The van der Waals surface area contributed by atoms with E-state index in [2.05, 4.69) is 13.8 Å². The summed E-state index contributed by atoms with van der Waals surface area (Å²) < 4.78 is 5.76. The van der Waals surface area contributed by atoms with Gasteiger partial charge in [0.2, 0.25) is 0 Å². The van der Waals surface area contributed by atoms with Crippen molar-refractivity contribution in [2.45, 2.75) is 39.2 Å².